The van der Waals surface area contributed by atoms with Gasteiger partial charge in [0.1, 0.15) is 5.82 Å². The summed E-state index contributed by atoms with van der Waals surface area (Å²) in [6.07, 6.45) is -3.63. The Morgan fingerprint density at radius 3 is 2.81 bits per heavy atom. The maximum atomic E-state index is 13.9. The summed E-state index contributed by atoms with van der Waals surface area (Å²) in [5.74, 6) is -2.24. The monoisotopic (exact) mass is 303 g/mol. The van der Waals surface area contributed by atoms with Crippen molar-refractivity contribution in [2.45, 2.75) is 31.9 Å². The summed E-state index contributed by atoms with van der Waals surface area (Å²) in [5, 5.41) is 11.9. The predicted molar refractivity (Wildman–Crippen MR) is 69.2 cm³/mol. The number of nitrogens with one attached hydrogen (secondary N) is 1. The lowest BCUT2D eigenvalue weighted by Crippen LogP contribution is -2.44. The van der Waals surface area contributed by atoms with Gasteiger partial charge in [0, 0.05) is 19.0 Å². The minimum absolute atomic E-state index is 0.238. The number of hydrogen-bond donors (Lipinski definition) is 2. The molecule has 2 rings (SSSR count). The van der Waals surface area contributed by atoms with Crippen molar-refractivity contribution in [3.05, 3.63) is 34.6 Å². The Balaban J connectivity index is 2.33. The molecule has 1 fully saturated rings. The smallest absolute Gasteiger partial charge is 0.338 e. The summed E-state index contributed by atoms with van der Waals surface area (Å²) in [4.78, 5) is 11.0. The first-order valence-corrected chi connectivity index (χ1v) is 6.56. The normalized spacial score (nSPS) is 22.5. The Morgan fingerprint density at radius 2 is 2.24 bits per heavy atom. The van der Waals surface area contributed by atoms with Gasteiger partial charge in [-0.2, -0.15) is 0 Å². The summed E-state index contributed by atoms with van der Waals surface area (Å²) < 4.78 is 44.6. The molecule has 0 aromatic heterocycles. The molecule has 0 radical (unpaired) electrons. The Labute approximate surface area is 119 Å². The zero-order chi connectivity index (χ0) is 15.6. The summed E-state index contributed by atoms with van der Waals surface area (Å²) in [7, 11) is 0. The second-order valence-electron chi connectivity index (χ2n) is 4.98. The molecule has 116 valence electrons. The van der Waals surface area contributed by atoms with E-state index in [2.05, 4.69) is 5.32 Å². The van der Waals surface area contributed by atoms with Gasteiger partial charge in [0.05, 0.1) is 18.3 Å². The highest BCUT2D eigenvalue weighted by Crippen LogP contribution is 2.30. The molecule has 0 saturated carbocycles. The molecule has 4 nitrogen and oxygen atoms in total. The second-order valence-corrected chi connectivity index (χ2v) is 4.98. The number of aromatic carboxylic acids is 1. The van der Waals surface area contributed by atoms with E-state index in [-0.39, 0.29) is 5.56 Å². The largest absolute Gasteiger partial charge is 0.478 e. The maximum absolute atomic E-state index is 13.9. The van der Waals surface area contributed by atoms with Gasteiger partial charge in [0.15, 0.2) is 0 Å². The van der Waals surface area contributed by atoms with E-state index in [1.165, 1.54) is 13.0 Å². The number of carbonyl (C=O) groups is 1. The van der Waals surface area contributed by atoms with Gasteiger partial charge in [-0.05, 0) is 24.1 Å². The Bertz CT molecular complexity index is 513. The molecule has 1 aliphatic rings. The molecule has 1 aliphatic heterocycles. The van der Waals surface area contributed by atoms with Crippen LogP contribution in [0.4, 0.5) is 13.2 Å². The Kier molecular flexibility index (Phi) is 4.84. The number of carboxylic acid groups (broad SMARTS) is 1. The molecule has 1 heterocycles. The van der Waals surface area contributed by atoms with Crippen LogP contribution in [0.5, 0.6) is 0 Å². The fraction of sp³-hybridized carbons (Fsp3) is 0.500. The molecular weight excluding hydrogens is 287 g/mol. The Morgan fingerprint density at radius 1 is 1.52 bits per heavy atom. The van der Waals surface area contributed by atoms with Gasteiger partial charge < -0.3 is 15.2 Å². The number of ether oxygens (including phenoxy) is 1. The number of benzene rings is 1. The fourth-order valence-electron chi connectivity index (χ4n) is 2.59. The second kappa shape index (κ2) is 6.44. The van der Waals surface area contributed by atoms with Crippen molar-refractivity contribution in [1.29, 1.82) is 0 Å². The Hall–Kier alpha value is -1.60. The molecule has 7 heteroatoms. The van der Waals surface area contributed by atoms with Gasteiger partial charge in [-0.1, -0.05) is 6.07 Å². The molecule has 1 unspecified atom stereocenters. The third-order valence-corrected chi connectivity index (χ3v) is 3.46. The lowest BCUT2D eigenvalue weighted by Gasteiger charge is -2.33. The van der Waals surface area contributed by atoms with Crippen LogP contribution in [-0.2, 0) is 4.74 Å². The van der Waals surface area contributed by atoms with Gasteiger partial charge in [0.25, 0.3) is 0 Å². The highest BCUT2D eigenvalue weighted by Gasteiger charge is 2.31. The highest BCUT2D eigenvalue weighted by molar-refractivity contribution is 5.89. The minimum atomic E-state index is -2.50. The maximum Gasteiger partial charge on any atom is 0.338 e. The third kappa shape index (κ3) is 3.54. The molecule has 0 spiro atoms. The fourth-order valence-corrected chi connectivity index (χ4v) is 2.59. The lowest BCUT2D eigenvalue weighted by molar-refractivity contribution is -0.0243. The van der Waals surface area contributed by atoms with Crippen LogP contribution in [0.1, 0.15) is 34.0 Å². The topological polar surface area (TPSA) is 58.6 Å². The van der Waals surface area contributed by atoms with Crippen LogP contribution in [0.15, 0.2) is 12.1 Å². The van der Waals surface area contributed by atoms with E-state index in [0.29, 0.717) is 18.7 Å². The summed E-state index contributed by atoms with van der Waals surface area (Å²) in [6.45, 7) is 2.24. The molecule has 1 saturated heterocycles. The zero-order valence-electron chi connectivity index (χ0n) is 11.4. The van der Waals surface area contributed by atoms with Crippen molar-refractivity contribution >= 4 is 5.97 Å². The van der Waals surface area contributed by atoms with Crippen LogP contribution >= 0.6 is 0 Å². The minimum Gasteiger partial charge on any atom is -0.478 e. The van der Waals surface area contributed by atoms with Gasteiger partial charge >= 0.3 is 5.97 Å². The molecular formula is C14H16F3NO3. The quantitative estimate of drug-likeness (QED) is 0.897. The molecule has 0 aliphatic carbocycles. The zero-order valence-corrected chi connectivity index (χ0v) is 11.4. The van der Waals surface area contributed by atoms with Gasteiger partial charge in [-0.15, -0.1) is 0 Å². The van der Waals surface area contributed by atoms with E-state index in [9.17, 15) is 18.0 Å². The van der Waals surface area contributed by atoms with Gasteiger partial charge in [-0.25, -0.2) is 18.0 Å². The van der Waals surface area contributed by atoms with Crippen molar-refractivity contribution in [3.8, 4) is 0 Å². The van der Waals surface area contributed by atoms with E-state index >= 15 is 0 Å². The van der Waals surface area contributed by atoms with E-state index in [4.69, 9.17) is 9.84 Å². The van der Waals surface area contributed by atoms with Crippen LogP contribution in [0.25, 0.3) is 0 Å². The van der Waals surface area contributed by atoms with Crippen LogP contribution < -0.4 is 5.32 Å². The van der Waals surface area contributed by atoms with Crippen LogP contribution in [0.2, 0.25) is 0 Å². The average Bonchev–Trinajstić information content (AvgIpc) is 2.37. The first-order chi connectivity index (χ1) is 9.90. The van der Waals surface area contributed by atoms with E-state index in [0.717, 1.165) is 6.07 Å². The number of rotatable bonds is 4. The number of carboxylic acids is 1. The number of hydrogen-bond acceptors (Lipinski definition) is 3. The SMILES string of the molecule is Cc1cc([C@@H]2OCCNC2CC(F)F)cc(F)c1C(=O)O. The number of morpholine rings is 1. The van der Waals surface area contributed by atoms with E-state index in [1.807, 2.05) is 0 Å². The van der Waals surface area contributed by atoms with Crippen molar-refractivity contribution in [2.24, 2.45) is 0 Å². The molecule has 21 heavy (non-hydrogen) atoms. The third-order valence-electron chi connectivity index (χ3n) is 3.46. The van der Waals surface area contributed by atoms with Crippen LogP contribution in [-0.4, -0.2) is 36.7 Å². The lowest BCUT2D eigenvalue weighted by atomic mass is 9.94. The van der Waals surface area contributed by atoms with E-state index < -0.39 is 42.3 Å². The van der Waals surface area contributed by atoms with E-state index in [1.54, 1.807) is 0 Å². The summed E-state index contributed by atoms with van der Waals surface area (Å²) >= 11 is 0. The molecule has 1 aromatic rings. The molecule has 0 bridgehead atoms. The molecule has 2 N–H and O–H groups in total. The van der Waals surface area contributed by atoms with Crippen molar-refractivity contribution < 1.29 is 27.8 Å². The predicted octanol–water partition coefficient (Wildman–Crippen LogP) is 2.52. The van der Waals surface area contributed by atoms with Crippen LogP contribution in [0.3, 0.4) is 0 Å². The van der Waals surface area contributed by atoms with Crippen molar-refractivity contribution in [1.82, 2.24) is 5.32 Å². The number of aryl methyl sites for hydroxylation is 1. The van der Waals surface area contributed by atoms with Crippen molar-refractivity contribution in [3.63, 3.8) is 0 Å². The first kappa shape index (κ1) is 15.8. The summed E-state index contributed by atoms with van der Waals surface area (Å²) in [6, 6.07) is 1.89. The van der Waals surface area contributed by atoms with Gasteiger partial charge in [0.2, 0.25) is 6.43 Å². The first-order valence-electron chi connectivity index (χ1n) is 6.56. The standard InChI is InChI=1S/C14H16F3NO3/c1-7-4-8(5-9(15)12(7)14(19)20)13-10(6-11(16)17)18-2-3-21-13/h4-5,10-11,13,18H,2-3,6H2,1H3,(H,19,20)/t10?,13-/m0/s1. The average molecular weight is 303 g/mol. The summed E-state index contributed by atoms with van der Waals surface area (Å²) in [5.41, 5.74) is 0.197. The molecule has 2 atom stereocenters. The van der Waals surface area contributed by atoms with Crippen molar-refractivity contribution in [2.75, 3.05) is 13.2 Å². The van der Waals surface area contributed by atoms with Crippen LogP contribution in [0, 0.1) is 12.7 Å². The molecule has 0 amide bonds. The highest BCUT2D eigenvalue weighted by atomic mass is 19.3. The molecule has 1 aromatic carbocycles. The number of alkyl halides is 2. The number of halogens is 3. The van der Waals surface area contributed by atoms with Gasteiger partial charge in [-0.3, -0.25) is 0 Å².